The standard InChI is InChI=1S/C19H22N4O2/c1-13-9-11-23(12-10-13)19(25)17-7-8-18(22-21-17)20-16-5-3-15(4-6-16)14(2)24/h3-8,13H,9-12H2,1-2H3,(H,20,22). The van der Waals surface area contributed by atoms with E-state index >= 15 is 0 Å². The molecule has 0 bridgehead atoms. The number of benzene rings is 1. The lowest BCUT2D eigenvalue weighted by Crippen LogP contribution is -2.38. The number of likely N-dealkylation sites (tertiary alicyclic amines) is 1. The topological polar surface area (TPSA) is 75.2 Å². The molecule has 1 aliphatic heterocycles. The molecule has 25 heavy (non-hydrogen) atoms. The lowest BCUT2D eigenvalue weighted by Gasteiger charge is -2.29. The Hall–Kier alpha value is -2.76. The van der Waals surface area contributed by atoms with Gasteiger partial charge in [0.05, 0.1) is 0 Å². The summed E-state index contributed by atoms with van der Waals surface area (Å²) in [5.74, 6) is 1.20. The third-order valence-electron chi connectivity index (χ3n) is 4.52. The van der Waals surface area contributed by atoms with Crippen molar-refractivity contribution in [3.05, 3.63) is 47.7 Å². The van der Waals surface area contributed by atoms with Gasteiger partial charge in [-0.15, -0.1) is 10.2 Å². The number of piperidine rings is 1. The summed E-state index contributed by atoms with van der Waals surface area (Å²) in [6.07, 6.45) is 2.07. The van der Waals surface area contributed by atoms with Crippen molar-refractivity contribution >= 4 is 23.2 Å². The zero-order chi connectivity index (χ0) is 17.8. The number of amides is 1. The highest BCUT2D eigenvalue weighted by atomic mass is 16.2. The highest BCUT2D eigenvalue weighted by molar-refractivity contribution is 5.94. The number of hydrogen-bond donors (Lipinski definition) is 1. The second-order valence-electron chi connectivity index (χ2n) is 6.54. The van der Waals surface area contributed by atoms with E-state index in [1.165, 1.54) is 6.92 Å². The smallest absolute Gasteiger partial charge is 0.274 e. The van der Waals surface area contributed by atoms with Crippen LogP contribution < -0.4 is 5.32 Å². The van der Waals surface area contributed by atoms with Gasteiger partial charge in [0.1, 0.15) is 0 Å². The van der Waals surface area contributed by atoms with Crippen LogP contribution in [0.25, 0.3) is 0 Å². The molecular formula is C19H22N4O2. The number of ketones is 1. The van der Waals surface area contributed by atoms with Crippen molar-refractivity contribution in [2.24, 2.45) is 5.92 Å². The van der Waals surface area contributed by atoms with Crippen LogP contribution in [0.4, 0.5) is 11.5 Å². The first-order valence-corrected chi connectivity index (χ1v) is 8.54. The number of nitrogens with zero attached hydrogens (tertiary/aromatic N) is 3. The molecule has 130 valence electrons. The van der Waals surface area contributed by atoms with Gasteiger partial charge in [-0.25, -0.2) is 0 Å². The Morgan fingerprint density at radius 3 is 2.28 bits per heavy atom. The molecule has 3 rings (SSSR count). The summed E-state index contributed by atoms with van der Waals surface area (Å²) < 4.78 is 0. The molecule has 0 spiro atoms. The molecule has 2 heterocycles. The maximum absolute atomic E-state index is 12.4. The van der Waals surface area contributed by atoms with Gasteiger partial charge in [0, 0.05) is 24.3 Å². The number of aromatic nitrogens is 2. The zero-order valence-corrected chi connectivity index (χ0v) is 14.5. The van der Waals surface area contributed by atoms with E-state index in [1.807, 2.05) is 17.0 Å². The van der Waals surface area contributed by atoms with E-state index in [0.29, 0.717) is 23.0 Å². The van der Waals surface area contributed by atoms with Crippen LogP contribution in [0.5, 0.6) is 0 Å². The first-order chi connectivity index (χ1) is 12.0. The molecule has 1 aromatic carbocycles. The van der Waals surface area contributed by atoms with E-state index in [9.17, 15) is 9.59 Å². The largest absolute Gasteiger partial charge is 0.339 e. The fraction of sp³-hybridized carbons (Fsp3) is 0.368. The second kappa shape index (κ2) is 7.42. The highest BCUT2D eigenvalue weighted by Crippen LogP contribution is 2.19. The quantitative estimate of drug-likeness (QED) is 0.866. The summed E-state index contributed by atoms with van der Waals surface area (Å²) in [6, 6.07) is 10.6. The molecule has 2 aromatic rings. The minimum absolute atomic E-state index is 0.0290. The Labute approximate surface area is 147 Å². The number of Topliss-reactive ketones (excluding diaryl/α,β-unsaturated/α-hetero) is 1. The molecule has 1 aliphatic rings. The fourth-order valence-electron chi connectivity index (χ4n) is 2.82. The van der Waals surface area contributed by atoms with Crippen LogP contribution in [0, 0.1) is 5.92 Å². The van der Waals surface area contributed by atoms with E-state index in [2.05, 4.69) is 22.4 Å². The van der Waals surface area contributed by atoms with Crippen LogP contribution in [0.3, 0.4) is 0 Å². The molecule has 1 fully saturated rings. The van der Waals surface area contributed by atoms with Crippen molar-refractivity contribution < 1.29 is 9.59 Å². The van der Waals surface area contributed by atoms with Gasteiger partial charge in [0.25, 0.3) is 5.91 Å². The van der Waals surface area contributed by atoms with Crippen molar-refractivity contribution in [2.75, 3.05) is 18.4 Å². The zero-order valence-electron chi connectivity index (χ0n) is 14.5. The van der Waals surface area contributed by atoms with Crippen molar-refractivity contribution in [3.63, 3.8) is 0 Å². The number of hydrogen-bond acceptors (Lipinski definition) is 5. The first kappa shape index (κ1) is 17.1. The predicted molar refractivity (Wildman–Crippen MR) is 96.1 cm³/mol. The van der Waals surface area contributed by atoms with Crippen LogP contribution in [0.2, 0.25) is 0 Å². The van der Waals surface area contributed by atoms with Crippen LogP contribution in [0.15, 0.2) is 36.4 Å². The first-order valence-electron chi connectivity index (χ1n) is 8.54. The van der Waals surface area contributed by atoms with Gasteiger partial charge in [-0.2, -0.15) is 0 Å². The van der Waals surface area contributed by atoms with Gasteiger partial charge in [-0.3, -0.25) is 9.59 Å². The summed E-state index contributed by atoms with van der Waals surface area (Å²) in [7, 11) is 0. The number of anilines is 2. The number of carbonyl (C=O) groups is 2. The third-order valence-corrected chi connectivity index (χ3v) is 4.52. The van der Waals surface area contributed by atoms with Crippen molar-refractivity contribution in [1.29, 1.82) is 0 Å². The maximum atomic E-state index is 12.4. The van der Waals surface area contributed by atoms with Gasteiger partial charge in [-0.05, 0) is 62.1 Å². The van der Waals surface area contributed by atoms with Gasteiger partial charge in [0.2, 0.25) is 0 Å². The van der Waals surface area contributed by atoms with Crippen LogP contribution in [0.1, 0.15) is 47.5 Å². The van der Waals surface area contributed by atoms with E-state index < -0.39 is 0 Å². The molecule has 0 atom stereocenters. The molecule has 1 aromatic heterocycles. The minimum atomic E-state index is -0.0586. The van der Waals surface area contributed by atoms with Crippen molar-refractivity contribution in [2.45, 2.75) is 26.7 Å². The average Bonchev–Trinajstić information content (AvgIpc) is 2.63. The Morgan fingerprint density at radius 1 is 1.04 bits per heavy atom. The normalized spacial score (nSPS) is 15.0. The Kier molecular flexibility index (Phi) is 5.07. The minimum Gasteiger partial charge on any atom is -0.339 e. The lowest BCUT2D eigenvalue weighted by atomic mass is 9.99. The summed E-state index contributed by atoms with van der Waals surface area (Å²) in [5.41, 5.74) is 1.84. The van der Waals surface area contributed by atoms with Crippen LogP contribution in [-0.2, 0) is 0 Å². The molecule has 0 radical (unpaired) electrons. The van der Waals surface area contributed by atoms with Crippen molar-refractivity contribution in [3.8, 4) is 0 Å². The lowest BCUT2D eigenvalue weighted by molar-refractivity contribution is 0.0690. The fourth-order valence-corrected chi connectivity index (χ4v) is 2.82. The van der Waals surface area contributed by atoms with E-state index in [-0.39, 0.29) is 11.7 Å². The van der Waals surface area contributed by atoms with Crippen LogP contribution >= 0.6 is 0 Å². The molecule has 1 amide bonds. The van der Waals surface area contributed by atoms with Crippen LogP contribution in [-0.4, -0.2) is 39.9 Å². The maximum Gasteiger partial charge on any atom is 0.274 e. The molecular weight excluding hydrogens is 316 g/mol. The monoisotopic (exact) mass is 338 g/mol. The number of nitrogens with one attached hydrogen (secondary N) is 1. The second-order valence-corrected chi connectivity index (χ2v) is 6.54. The molecule has 6 nitrogen and oxygen atoms in total. The van der Waals surface area contributed by atoms with E-state index in [4.69, 9.17) is 0 Å². The molecule has 0 saturated carbocycles. The Morgan fingerprint density at radius 2 is 1.72 bits per heavy atom. The average molecular weight is 338 g/mol. The van der Waals surface area contributed by atoms with Gasteiger partial charge in [-0.1, -0.05) is 6.92 Å². The predicted octanol–water partition coefficient (Wildman–Crippen LogP) is 3.29. The van der Waals surface area contributed by atoms with E-state index in [0.717, 1.165) is 31.6 Å². The SMILES string of the molecule is CC(=O)c1ccc(Nc2ccc(C(=O)N3CCC(C)CC3)nn2)cc1. The van der Waals surface area contributed by atoms with Gasteiger partial charge >= 0.3 is 0 Å². The van der Waals surface area contributed by atoms with Gasteiger partial charge in [0.15, 0.2) is 17.3 Å². The highest BCUT2D eigenvalue weighted by Gasteiger charge is 2.22. The molecule has 1 N–H and O–H groups in total. The van der Waals surface area contributed by atoms with E-state index in [1.54, 1.807) is 24.3 Å². The molecule has 0 aliphatic carbocycles. The number of carbonyl (C=O) groups excluding carboxylic acids is 2. The van der Waals surface area contributed by atoms with Crippen molar-refractivity contribution in [1.82, 2.24) is 15.1 Å². The molecule has 0 unspecified atom stereocenters. The summed E-state index contributed by atoms with van der Waals surface area (Å²) in [6.45, 7) is 5.31. The Balaban J connectivity index is 1.63. The molecule has 1 saturated heterocycles. The summed E-state index contributed by atoms with van der Waals surface area (Å²) in [4.78, 5) is 25.6. The third kappa shape index (κ3) is 4.21. The number of rotatable bonds is 4. The summed E-state index contributed by atoms with van der Waals surface area (Å²) >= 11 is 0. The molecule has 6 heteroatoms. The Bertz CT molecular complexity index is 748. The van der Waals surface area contributed by atoms with Gasteiger partial charge < -0.3 is 10.2 Å². The summed E-state index contributed by atoms with van der Waals surface area (Å²) in [5, 5.41) is 11.3.